The first kappa shape index (κ1) is 8.93. The quantitative estimate of drug-likeness (QED) is 0.545. The minimum Gasteiger partial charge on any atom is -0.393 e. The van der Waals surface area contributed by atoms with E-state index in [2.05, 4.69) is 0 Å². The highest BCUT2D eigenvalue weighted by Crippen LogP contribution is 2.22. The van der Waals surface area contributed by atoms with Gasteiger partial charge in [0.1, 0.15) is 5.60 Å². The van der Waals surface area contributed by atoms with Crippen LogP contribution in [0.15, 0.2) is 0 Å². The molecule has 1 aliphatic heterocycles. The van der Waals surface area contributed by atoms with E-state index in [-0.39, 0.29) is 19.8 Å². The van der Waals surface area contributed by atoms with E-state index in [4.69, 9.17) is 14.6 Å². The van der Waals surface area contributed by atoms with Crippen LogP contribution in [0.4, 0.5) is 0 Å². The number of hydrogen-bond donors (Lipinski definition) is 2. The van der Waals surface area contributed by atoms with Crippen LogP contribution in [-0.2, 0) is 9.47 Å². The molecule has 11 heavy (non-hydrogen) atoms. The van der Waals surface area contributed by atoms with Crippen molar-refractivity contribution in [3.05, 3.63) is 0 Å². The molecular formula is C7H14O4. The maximum Gasteiger partial charge on any atom is 0.163 e. The second-order valence-electron chi connectivity index (χ2n) is 3.36. The summed E-state index contributed by atoms with van der Waals surface area (Å²) in [7, 11) is 0. The number of ether oxygens (including phenoxy) is 2. The van der Waals surface area contributed by atoms with Crippen LogP contribution in [-0.4, -0.2) is 41.4 Å². The van der Waals surface area contributed by atoms with Crippen molar-refractivity contribution in [3.8, 4) is 0 Å². The summed E-state index contributed by atoms with van der Waals surface area (Å²) in [4.78, 5) is 0. The fourth-order valence-corrected chi connectivity index (χ4v) is 0.791. The third kappa shape index (κ3) is 2.13. The predicted molar refractivity (Wildman–Crippen MR) is 38.0 cm³/mol. The largest absolute Gasteiger partial charge is 0.393 e. The number of aliphatic hydroxyl groups excluding tert-OH is 1. The van der Waals surface area contributed by atoms with E-state index in [1.165, 1.54) is 0 Å². The van der Waals surface area contributed by atoms with Gasteiger partial charge in [0.2, 0.25) is 0 Å². The molecule has 0 saturated carbocycles. The Bertz CT molecular complexity index is 133. The lowest BCUT2D eigenvalue weighted by Gasteiger charge is -2.39. The van der Waals surface area contributed by atoms with Crippen LogP contribution in [0.25, 0.3) is 0 Å². The van der Waals surface area contributed by atoms with Crippen LogP contribution in [0.3, 0.4) is 0 Å². The fourth-order valence-electron chi connectivity index (χ4n) is 0.791. The molecule has 0 aromatic carbocycles. The summed E-state index contributed by atoms with van der Waals surface area (Å²) in [6.07, 6.45) is 0. The summed E-state index contributed by atoms with van der Waals surface area (Å²) in [5, 5.41) is 18.1. The van der Waals surface area contributed by atoms with Gasteiger partial charge in [-0.2, -0.15) is 0 Å². The van der Waals surface area contributed by atoms with Gasteiger partial charge >= 0.3 is 0 Å². The summed E-state index contributed by atoms with van der Waals surface area (Å²) >= 11 is 0. The van der Waals surface area contributed by atoms with E-state index >= 15 is 0 Å². The van der Waals surface area contributed by atoms with Gasteiger partial charge < -0.3 is 19.7 Å². The second-order valence-corrected chi connectivity index (χ2v) is 3.36. The molecule has 4 nitrogen and oxygen atoms in total. The Morgan fingerprint density at radius 2 is 1.73 bits per heavy atom. The summed E-state index contributed by atoms with van der Waals surface area (Å²) in [6, 6.07) is 0. The van der Waals surface area contributed by atoms with Gasteiger partial charge in [0.05, 0.1) is 19.8 Å². The molecule has 2 N–H and O–H groups in total. The van der Waals surface area contributed by atoms with Crippen molar-refractivity contribution in [1.82, 2.24) is 0 Å². The van der Waals surface area contributed by atoms with Gasteiger partial charge in [-0.25, -0.2) is 0 Å². The summed E-state index contributed by atoms with van der Waals surface area (Å²) < 4.78 is 10.3. The van der Waals surface area contributed by atoms with Crippen LogP contribution in [0.5, 0.6) is 0 Å². The highest BCUT2D eigenvalue weighted by molar-refractivity contribution is 4.81. The van der Waals surface area contributed by atoms with E-state index in [9.17, 15) is 5.11 Å². The molecule has 0 aliphatic carbocycles. The molecule has 0 spiro atoms. The van der Waals surface area contributed by atoms with Crippen molar-refractivity contribution < 1.29 is 19.7 Å². The third-order valence-electron chi connectivity index (χ3n) is 1.67. The maximum atomic E-state index is 9.41. The molecule has 0 aromatic heterocycles. The number of aliphatic hydroxyl groups is 2. The van der Waals surface area contributed by atoms with Gasteiger partial charge in [0, 0.05) is 0 Å². The van der Waals surface area contributed by atoms with Crippen molar-refractivity contribution in [3.63, 3.8) is 0 Å². The Morgan fingerprint density at radius 3 is 2.09 bits per heavy atom. The average Bonchev–Trinajstić information content (AvgIpc) is 1.97. The zero-order chi connectivity index (χ0) is 8.54. The minimum absolute atomic E-state index is 0.122. The monoisotopic (exact) mass is 162 g/mol. The van der Waals surface area contributed by atoms with Gasteiger partial charge in [0.15, 0.2) is 5.79 Å². The first-order valence-corrected chi connectivity index (χ1v) is 3.59. The lowest BCUT2D eigenvalue weighted by atomic mass is 10.1. The molecule has 1 heterocycles. The standard InChI is InChI=1S/C7H14O4/c1-6(2)10-4-7(9,3-8)5-11-6/h8-9H,3-5H2,1-2H3. The van der Waals surface area contributed by atoms with E-state index in [0.29, 0.717) is 0 Å². The minimum atomic E-state index is -1.21. The van der Waals surface area contributed by atoms with E-state index in [1.807, 2.05) is 0 Å². The number of hydrogen-bond acceptors (Lipinski definition) is 4. The fraction of sp³-hybridized carbons (Fsp3) is 1.00. The summed E-state index contributed by atoms with van der Waals surface area (Å²) in [5.74, 6) is -0.638. The molecule has 0 bridgehead atoms. The molecule has 1 aliphatic rings. The van der Waals surface area contributed by atoms with Crippen LogP contribution in [0.2, 0.25) is 0 Å². The molecule has 0 atom stereocenters. The van der Waals surface area contributed by atoms with Crippen molar-refractivity contribution in [2.45, 2.75) is 25.2 Å². The van der Waals surface area contributed by atoms with Crippen molar-refractivity contribution in [2.75, 3.05) is 19.8 Å². The molecule has 0 radical (unpaired) electrons. The Hall–Kier alpha value is -0.160. The van der Waals surface area contributed by atoms with Gasteiger partial charge in [-0.15, -0.1) is 0 Å². The zero-order valence-corrected chi connectivity index (χ0v) is 6.83. The topological polar surface area (TPSA) is 58.9 Å². The van der Waals surface area contributed by atoms with Crippen LogP contribution < -0.4 is 0 Å². The normalized spacial score (nSPS) is 28.4. The van der Waals surface area contributed by atoms with Crippen molar-refractivity contribution in [1.29, 1.82) is 0 Å². The molecule has 0 amide bonds. The van der Waals surface area contributed by atoms with Gasteiger partial charge in [-0.1, -0.05) is 0 Å². The lowest BCUT2D eigenvalue weighted by Crippen LogP contribution is -2.53. The van der Waals surface area contributed by atoms with E-state index < -0.39 is 11.4 Å². The van der Waals surface area contributed by atoms with E-state index in [1.54, 1.807) is 13.8 Å². The zero-order valence-electron chi connectivity index (χ0n) is 6.83. The highest BCUT2D eigenvalue weighted by atomic mass is 16.7. The molecule has 1 saturated heterocycles. The van der Waals surface area contributed by atoms with Crippen LogP contribution in [0.1, 0.15) is 13.8 Å². The average molecular weight is 162 g/mol. The van der Waals surface area contributed by atoms with Gasteiger partial charge in [0.25, 0.3) is 0 Å². The smallest absolute Gasteiger partial charge is 0.163 e. The highest BCUT2D eigenvalue weighted by Gasteiger charge is 2.37. The molecule has 1 fully saturated rings. The molecule has 1 rings (SSSR count). The number of rotatable bonds is 1. The SMILES string of the molecule is CC1(C)OCC(O)(CO)CO1. The third-order valence-corrected chi connectivity index (χ3v) is 1.67. The first-order valence-electron chi connectivity index (χ1n) is 3.59. The maximum absolute atomic E-state index is 9.41. The molecular weight excluding hydrogens is 148 g/mol. The molecule has 66 valence electrons. The summed E-state index contributed by atoms with van der Waals surface area (Å²) in [6.45, 7) is 3.45. The van der Waals surface area contributed by atoms with Crippen LogP contribution in [0, 0.1) is 0 Å². The van der Waals surface area contributed by atoms with Crippen molar-refractivity contribution >= 4 is 0 Å². The first-order chi connectivity index (χ1) is 4.97. The lowest BCUT2D eigenvalue weighted by molar-refractivity contribution is -0.306. The Morgan fingerprint density at radius 1 is 1.27 bits per heavy atom. The van der Waals surface area contributed by atoms with Gasteiger partial charge in [-0.05, 0) is 13.8 Å². The second kappa shape index (κ2) is 2.71. The predicted octanol–water partition coefficient (Wildman–Crippen LogP) is -0.507. The summed E-state index contributed by atoms with van der Waals surface area (Å²) in [5.41, 5.74) is -1.21. The molecule has 0 aromatic rings. The van der Waals surface area contributed by atoms with Crippen LogP contribution >= 0.6 is 0 Å². The Kier molecular flexibility index (Phi) is 2.20. The Labute approximate surface area is 65.7 Å². The molecule has 4 heteroatoms. The van der Waals surface area contributed by atoms with Crippen molar-refractivity contribution in [2.24, 2.45) is 0 Å². The van der Waals surface area contributed by atoms with E-state index in [0.717, 1.165) is 0 Å². The Balaban J connectivity index is 2.48. The van der Waals surface area contributed by atoms with Gasteiger partial charge in [-0.3, -0.25) is 0 Å². The molecule has 0 unspecified atom stereocenters.